The first-order valence-electron chi connectivity index (χ1n) is 5.75. The molecule has 0 fully saturated rings. The molecule has 0 amide bonds. The Morgan fingerprint density at radius 3 is 2.42 bits per heavy atom. The van der Waals surface area contributed by atoms with Gasteiger partial charge in [-0.1, -0.05) is 29.3 Å². The predicted molar refractivity (Wildman–Crippen MR) is 80.4 cm³/mol. The van der Waals surface area contributed by atoms with Crippen LogP contribution >= 0.6 is 23.2 Å². The molecule has 2 nitrogen and oxygen atoms in total. The van der Waals surface area contributed by atoms with Crippen LogP contribution in [0.4, 0.5) is 11.4 Å². The molecule has 0 aromatic heterocycles. The van der Waals surface area contributed by atoms with Gasteiger partial charge in [-0.2, -0.15) is 5.26 Å². The summed E-state index contributed by atoms with van der Waals surface area (Å²) in [4.78, 5) is 0. The quantitative estimate of drug-likeness (QED) is 0.822. The summed E-state index contributed by atoms with van der Waals surface area (Å²) < 4.78 is 0. The lowest BCUT2D eigenvalue weighted by Gasteiger charge is -2.14. The number of nitrogens with one attached hydrogen (secondary N) is 1. The van der Waals surface area contributed by atoms with Gasteiger partial charge in [0.1, 0.15) is 0 Å². The van der Waals surface area contributed by atoms with Gasteiger partial charge in [0.15, 0.2) is 0 Å². The molecule has 2 aromatic carbocycles. The number of hydrogen-bond donors (Lipinski definition) is 1. The Morgan fingerprint density at radius 2 is 1.79 bits per heavy atom. The van der Waals surface area contributed by atoms with Gasteiger partial charge in [0.05, 0.1) is 27.4 Å². The third kappa shape index (κ3) is 2.84. The van der Waals surface area contributed by atoms with E-state index in [9.17, 15) is 0 Å². The molecule has 0 heterocycles. The van der Waals surface area contributed by atoms with Gasteiger partial charge >= 0.3 is 0 Å². The highest BCUT2D eigenvalue weighted by molar-refractivity contribution is 6.39. The molecule has 0 bridgehead atoms. The van der Waals surface area contributed by atoms with Gasteiger partial charge in [-0.25, -0.2) is 0 Å². The van der Waals surface area contributed by atoms with Crippen molar-refractivity contribution in [2.24, 2.45) is 0 Å². The Hall–Kier alpha value is -1.69. The number of benzene rings is 2. The summed E-state index contributed by atoms with van der Waals surface area (Å²) in [6.07, 6.45) is 0. The fourth-order valence-corrected chi connectivity index (χ4v) is 2.24. The Kier molecular flexibility index (Phi) is 3.99. The second kappa shape index (κ2) is 5.52. The standard InChI is InChI=1S/C15H12Cl2N2/c1-9-3-5-12(16)15(14(9)17)19-13-6-4-11(8-18)7-10(13)2/h3-7,19H,1-2H3. The van der Waals surface area contributed by atoms with Gasteiger partial charge in [0.2, 0.25) is 0 Å². The van der Waals surface area contributed by atoms with Crippen LogP contribution < -0.4 is 5.32 Å². The maximum absolute atomic E-state index is 8.85. The summed E-state index contributed by atoms with van der Waals surface area (Å²) >= 11 is 12.4. The van der Waals surface area contributed by atoms with Crippen LogP contribution in [0.25, 0.3) is 0 Å². The van der Waals surface area contributed by atoms with Crippen LogP contribution in [0.3, 0.4) is 0 Å². The highest BCUT2D eigenvalue weighted by Crippen LogP contribution is 2.35. The zero-order valence-corrected chi connectivity index (χ0v) is 12.1. The fraction of sp³-hybridized carbons (Fsp3) is 0.133. The van der Waals surface area contributed by atoms with Crippen LogP contribution in [0.2, 0.25) is 10.0 Å². The smallest absolute Gasteiger partial charge is 0.0991 e. The molecule has 2 aromatic rings. The summed E-state index contributed by atoms with van der Waals surface area (Å²) in [7, 11) is 0. The Labute approximate surface area is 122 Å². The monoisotopic (exact) mass is 290 g/mol. The number of aryl methyl sites for hydroxylation is 2. The van der Waals surface area contributed by atoms with E-state index in [4.69, 9.17) is 28.5 Å². The first-order chi connectivity index (χ1) is 9.02. The lowest BCUT2D eigenvalue weighted by molar-refractivity contribution is 1.39. The number of nitriles is 1. The molecule has 19 heavy (non-hydrogen) atoms. The molecule has 1 N–H and O–H groups in total. The van der Waals surface area contributed by atoms with Gasteiger partial charge < -0.3 is 5.32 Å². The molecule has 4 heteroatoms. The molecule has 0 aliphatic rings. The first-order valence-corrected chi connectivity index (χ1v) is 6.51. The van der Waals surface area contributed by atoms with Crippen molar-refractivity contribution in [3.05, 3.63) is 57.1 Å². The van der Waals surface area contributed by atoms with Crippen LogP contribution in [0.1, 0.15) is 16.7 Å². The van der Waals surface area contributed by atoms with Gasteiger partial charge in [0.25, 0.3) is 0 Å². The highest BCUT2D eigenvalue weighted by atomic mass is 35.5. The molecule has 0 unspecified atom stereocenters. The Balaban J connectivity index is 2.42. The van der Waals surface area contributed by atoms with Gasteiger partial charge in [-0.3, -0.25) is 0 Å². The lowest BCUT2D eigenvalue weighted by Crippen LogP contribution is -1.96. The van der Waals surface area contributed by atoms with Gasteiger partial charge in [0, 0.05) is 5.69 Å². The summed E-state index contributed by atoms with van der Waals surface area (Å²) in [6, 6.07) is 11.2. The molecule has 0 aliphatic carbocycles. The largest absolute Gasteiger partial charge is 0.353 e. The first kappa shape index (κ1) is 13.7. The van der Waals surface area contributed by atoms with Crippen molar-refractivity contribution < 1.29 is 0 Å². The van der Waals surface area contributed by atoms with Crippen LogP contribution in [0.5, 0.6) is 0 Å². The van der Waals surface area contributed by atoms with Gasteiger partial charge in [-0.15, -0.1) is 0 Å². The minimum Gasteiger partial charge on any atom is -0.353 e. The predicted octanol–water partition coefficient (Wildman–Crippen LogP) is 5.23. The summed E-state index contributed by atoms with van der Waals surface area (Å²) in [5.41, 5.74) is 4.13. The summed E-state index contributed by atoms with van der Waals surface area (Å²) in [6.45, 7) is 3.86. The van der Waals surface area contributed by atoms with Crippen molar-refractivity contribution >= 4 is 34.6 Å². The summed E-state index contributed by atoms with van der Waals surface area (Å²) in [5, 5.41) is 13.3. The molecule has 0 saturated heterocycles. The molecule has 2 rings (SSSR count). The number of hydrogen-bond acceptors (Lipinski definition) is 2. The second-order valence-electron chi connectivity index (χ2n) is 4.32. The Bertz CT molecular complexity index is 673. The van der Waals surface area contributed by atoms with E-state index in [1.807, 2.05) is 38.1 Å². The van der Waals surface area contributed by atoms with Crippen LogP contribution in [0.15, 0.2) is 30.3 Å². The van der Waals surface area contributed by atoms with E-state index in [0.29, 0.717) is 21.3 Å². The van der Waals surface area contributed by atoms with Crippen molar-refractivity contribution in [2.45, 2.75) is 13.8 Å². The summed E-state index contributed by atoms with van der Waals surface area (Å²) in [5.74, 6) is 0. The van der Waals surface area contributed by atoms with E-state index >= 15 is 0 Å². The maximum atomic E-state index is 8.85. The molecule has 0 radical (unpaired) electrons. The zero-order chi connectivity index (χ0) is 14.0. The average Bonchev–Trinajstić information content (AvgIpc) is 2.40. The van der Waals surface area contributed by atoms with Crippen molar-refractivity contribution in [2.75, 3.05) is 5.32 Å². The highest BCUT2D eigenvalue weighted by Gasteiger charge is 2.10. The van der Waals surface area contributed by atoms with E-state index in [0.717, 1.165) is 16.8 Å². The second-order valence-corrected chi connectivity index (χ2v) is 5.10. The van der Waals surface area contributed by atoms with E-state index < -0.39 is 0 Å². The lowest BCUT2D eigenvalue weighted by atomic mass is 10.1. The van der Waals surface area contributed by atoms with Gasteiger partial charge in [-0.05, 0) is 49.2 Å². The van der Waals surface area contributed by atoms with E-state index in [1.54, 1.807) is 6.07 Å². The Morgan fingerprint density at radius 1 is 1.05 bits per heavy atom. The number of anilines is 2. The van der Waals surface area contributed by atoms with Crippen LogP contribution in [-0.4, -0.2) is 0 Å². The van der Waals surface area contributed by atoms with Crippen molar-refractivity contribution in [3.63, 3.8) is 0 Å². The topological polar surface area (TPSA) is 35.8 Å². The molecular weight excluding hydrogens is 279 g/mol. The number of nitrogens with zero attached hydrogens (tertiary/aromatic N) is 1. The number of halogens is 2. The van der Waals surface area contributed by atoms with E-state index in [2.05, 4.69) is 11.4 Å². The van der Waals surface area contributed by atoms with Crippen LogP contribution in [-0.2, 0) is 0 Å². The molecule has 96 valence electrons. The third-order valence-electron chi connectivity index (χ3n) is 2.90. The third-order valence-corrected chi connectivity index (χ3v) is 3.70. The molecule has 0 atom stereocenters. The molecule has 0 spiro atoms. The van der Waals surface area contributed by atoms with Crippen molar-refractivity contribution in [1.29, 1.82) is 5.26 Å². The van der Waals surface area contributed by atoms with Crippen LogP contribution in [0, 0.1) is 25.2 Å². The molecular formula is C15H12Cl2N2. The minimum absolute atomic E-state index is 0.569. The molecule has 0 saturated carbocycles. The zero-order valence-electron chi connectivity index (χ0n) is 10.6. The normalized spacial score (nSPS) is 10.1. The number of rotatable bonds is 2. The molecule has 0 aliphatic heterocycles. The van der Waals surface area contributed by atoms with Crippen molar-refractivity contribution in [1.82, 2.24) is 0 Å². The average molecular weight is 291 g/mol. The van der Waals surface area contributed by atoms with Crippen molar-refractivity contribution in [3.8, 4) is 6.07 Å². The van der Waals surface area contributed by atoms with E-state index in [1.165, 1.54) is 0 Å². The maximum Gasteiger partial charge on any atom is 0.0991 e. The van der Waals surface area contributed by atoms with E-state index in [-0.39, 0.29) is 0 Å². The minimum atomic E-state index is 0.569. The fourth-order valence-electron chi connectivity index (χ4n) is 1.78. The SMILES string of the molecule is Cc1cc(C#N)ccc1Nc1c(Cl)ccc(C)c1Cl.